The normalized spacial score (nSPS) is 9.27. The lowest BCUT2D eigenvalue weighted by Gasteiger charge is -2.03. The van der Waals surface area contributed by atoms with E-state index in [1.807, 2.05) is 18.2 Å². The van der Waals surface area contributed by atoms with Crippen molar-refractivity contribution in [3.63, 3.8) is 0 Å². The van der Waals surface area contributed by atoms with Crippen LogP contribution in [0, 0.1) is 0 Å². The smallest absolute Gasteiger partial charge is 0.0716 e. The lowest BCUT2D eigenvalue weighted by Crippen LogP contribution is -1.98. The molecule has 0 saturated heterocycles. The molecular formula is C12H20O3. The van der Waals surface area contributed by atoms with Crippen LogP contribution < -0.4 is 0 Å². The molecule has 0 aliphatic rings. The molecule has 0 aromatic heterocycles. The quantitative estimate of drug-likeness (QED) is 0.731. The van der Waals surface area contributed by atoms with Gasteiger partial charge in [-0.15, -0.1) is 0 Å². The third kappa shape index (κ3) is 8.12. The highest BCUT2D eigenvalue weighted by molar-refractivity contribution is 5.13. The molecule has 3 nitrogen and oxygen atoms in total. The third-order valence-corrected chi connectivity index (χ3v) is 1.75. The molecule has 0 aliphatic heterocycles. The largest absolute Gasteiger partial charge is 0.400 e. The fraction of sp³-hybridized carbons (Fsp3) is 0.500. The van der Waals surface area contributed by atoms with Crippen LogP contribution >= 0.6 is 0 Å². The molecule has 0 radical (unpaired) electrons. The van der Waals surface area contributed by atoms with Crippen molar-refractivity contribution >= 4 is 0 Å². The molecule has 1 rings (SSSR count). The van der Waals surface area contributed by atoms with E-state index in [1.165, 1.54) is 5.56 Å². The Bertz CT molecular complexity index is 211. The Hall–Kier alpha value is -0.900. The van der Waals surface area contributed by atoms with Crippen LogP contribution in [0.3, 0.4) is 0 Å². The highest BCUT2D eigenvalue weighted by Crippen LogP contribution is 2.00. The highest BCUT2D eigenvalue weighted by atomic mass is 16.5. The fourth-order valence-corrected chi connectivity index (χ4v) is 1.07. The molecular weight excluding hydrogens is 192 g/mol. The molecule has 1 N–H and O–H groups in total. The van der Waals surface area contributed by atoms with Crippen LogP contribution in [0.2, 0.25) is 0 Å². The number of hydrogen-bond donors (Lipinski definition) is 1. The Morgan fingerprint density at radius 3 is 2.33 bits per heavy atom. The molecule has 15 heavy (non-hydrogen) atoms. The van der Waals surface area contributed by atoms with Gasteiger partial charge in [0, 0.05) is 27.4 Å². The SMILES string of the molecule is CO.COCCCOCc1ccccc1. The Morgan fingerprint density at radius 1 is 1.07 bits per heavy atom. The summed E-state index contributed by atoms with van der Waals surface area (Å²) in [4.78, 5) is 0. The topological polar surface area (TPSA) is 38.7 Å². The molecule has 3 heteroatoms. The minimum absolute atomic E-state index is 0.699. The first kappa shape index (κ1) is 14.1. The van der Waals surface area contributed by atoms with Crippen molar-refractivity contribution in [2.24, 2.45) is 0 Å². The molecule has 1 aromatic rings. The second-order valence-corrected chi connectivity index (χ2v) is 2.88. The third-order valence-electron chi connectivity index (χ3n) is 1.75. The summed E-state index contributed by atoms with van der Waals surface area (Å²) < 4.78 is 10.4. The van der Waals surface area contributed by atoms with Crippen LogP contribution in [0.25, 0.3) is 0 Å². The van der Waals surface area contributed by atoms with E-state index in [2.05, 4.69) is 12.1 Å². The minimum atomic E-state index is 0.699. The number of methoxy groups -OCH3 is 1. The lowest BCUT2D eigenvalue weighted by atomic mass is 10.2. The summed E-state index contributed by atoms with van der Waals surface area (Å²) in [5.74, 6) is 0. The highest BCUT2D eigenvalue weighted by Gasteiger charge is 1.91. The standard InChI is InChI=1S/C11H16O2.CH4O/c1-12-8-5-9-13-10-11-6-3-2-4-7-11;1-2/h2-4,6-7H,5,8-10H2,1H3;2H,1H3. The van der Waals surface area contributed by atoms with Gasteiger partial charge in [-0.25, -0.2) is 0 Å². The van der Waals surface area contributed by atoms with Crippen molar-refractivity contribution in [1.82, 2.24) is 0 Å². The van der Waals surface area contributed by atoms with Crippen molar-refractivity contribution in [2.45, 2.75) is 13.0 Å². The first-order valence-electron chi connectivity index (χ1n) is 4.99. The Morgan fingerprint density at radius 2 is 1.73 bits per heavy atom. The Balaban J connectivity index is 0.000000921. The van der Waals surface area contributed by atoms with Gasteiger partial charge in [-0.1, -0.05) is 30.3 Å². The monoisotopic (exact) mass is 212 g/mol. The summed E-state index contributed by atoms with van der Waals surface area (Å²) in [7, 11) is 2.71. The summed E-state index contributed by atoms with van der Waals surface area (Å²) in [5, 5.41) is 7.00. The summed E-state index contributed by atoms with van der Waals surface area (Å²) in [6, 6.07) is 10.2. The molecule has 86 valence electrons. The maximum Gasteiger partial charge on any atom is 0.0716 e. The maximum absolute atomic E-state index is 7.00. The molecule has 0 atom stereocenters. The zero-order valence-corrected chi connectivity index (χ0v) is 9.48. The van der Waals surface area contributed by atoms with E-state index >= 15 is 0 Å². The summed E-state index contributed by atoms with van der Waals surface area (Å²) in [6.45, 7) is 2.24. The van der Waals surface area contributed by atoms with E-state index in [0.717, 1.165) is 26.7 Å². The van der Waals surface area contributed by atoms with Gasteiger partial charge in [-0.2, -0.15) is 0 Å². The van der Waals surface area contributed by atoms with Crippen LogP contribution in [-0.2, 0) is 16.1 Å². The molecule has 0 fully saturated rings. The van der Waals surface area contributed by atoms with E-state index in [1.54, 1.807) is 7.11 Å². The fourth-order valence-electron chi connectivity index (χ4n) is 1.07. The van der Waals surface area contributed by atoms with Crippen LogP contribution in [0.1, 0.15) is 12.0 Å². The van der Waals surface area contributed by atoms with Crippen molar-refractivity contribution in [2.75, 3.05) is 27.4 Å². The molecule has 0 unspecified atom stereocenters. The molecule has 0 bridgehead atoms. The van der Waals surface area contributed by atoms with Crippen molar-refractivity contribution in [3.05, 3.63) is 35.9 Å². The molecule has 0 spiro atoms. The molecule has 0 saturated carbocycles. The van der Waals surface area contributed by atoms with Gasteiger partial charge in [0.05, 0.1) is 6.61 Å². The molecule has 0 aliphatic carbocycles. The number of hydrogen-bond acceptors (Lipinski definition) is 3. The van der Waals surface area contributed by atoms with E-state index in [0.29, 0.717) is 6.61 Å². The molecule has 1 aromatic carbocycles. The van der Waals surface area contributed by atoms with Gasteiger partial charge in [0.1, 0.15) is 0 Å². The summed E-state index contributed by atoms with van der Waals surface area (Å²) in [6.07, 6.45) is 0.962. The van der Waals surface area contributed by atoms with E-state index in [4.69, 9.17) is 14.6 Å². The minimum Gasteiger partial charge on any atom is -0.400 e. The Labute approximate surface area is 91.6 Å². The Kier molecular flexibility index (Phi) is 10.5. The van der Waals surface area contributed by atoms with Gasteiger partial charge in [0.25, 0.3) is 0 Å². The number of benzene rings is 1. The van der Waals surface area contributed by atoms with Gasteiger partial charge in [0.15, 0.2) is 0 Å². The summed E-state index contributed by atoms with van der Waals surface area (Å²) >= 11 is 0. The van der Waals surface area contributed by atoms with E-state index in [-0.39, 0.29) is 0 Å². The van der Waals surface area contributed by atoms with E-state index in [9.17, 15) is 0 Å². The second kappa shape index (κ2) is 11.2. The lowest BCUT2D eigenvalue weighted by molar-refractivity contribution is 0.0928. The molecule has 0 amide bonds. The predicted octanol–water partition coefficient (Wildman–Crippen LogP) is 1.85. The molecule has 0 heterocycles. The van der Waals surface area contributed by atoms with Crippen molar-refractivity contribution in [1.29, 1.82) is 0 Å². The first-order valence-corrected chi connectivity index (χ1v) is 4.99. The number of ether oxygens (including phenoxy) is 2. The van der Waals surface area contributed by atoms with Crippen LogP contribution in [-0.4, -0.2) is 32.5 Å². The second-order valence-electron chi connectivity index (χ2n) is 2.88. The number of aliphatic hydroxyl groups excluding tert-OH is 1. The predicted molar refractivity (Wildman–Crippen MR) is 60.7 cm³/mol. The van der Waals surface area contributed by atoms with Crippen molar-refractivity contribution in [3.8, 4) is 0 Å². The zero-order chi connectivity index (χ0) is 11.4. The summed E-state index contributed by atoms with van der Waals surface area (Å²) in [5.41, 5.74) is 1.22. The number of rotatable bonds is 6. The average Bonchev–Trinajstić information content (AvgIpc) is 2.33. The van der Waals surface area contributed by atoms with Gasteiger partial charge in [-0.05, 0) is 12.0 Å². The van der Waals surface area contributed by atoms with Gasteiger partial charge < -0.3 is 14.6 Å². The van der Waals surface area contributed by atoms with Crippen LogP contribution in [0.4, 0.5) is 0 Å². The van der Waals surface area contributed by atoms with Gasteiger partial charge in [0.2, 0.25) is 0 Å². The van der Waals surface area contributed by atoms with Crippen LogP contribution in [0.15, 0.2) is 30.3 Å². The average molecular weight is 212 g/mol. The zero-order valence-electron chi connectivity index (χ0n) is 9.48. The van der Waals surface area contributed by atoms with E-state index < -0.39 is 0 Å². The van der Waals surface area contributed by atoms with Crippen molar-refractivity contribution < 1.29 is 14.6 Å². The first-order chi connectivity index (χ1) is 7.43. The maximum atomic E-state index is 7.00. The van der Waals surface area contributed by atoms with Crippen LogP contribution in [0.5, 0.6) is 0 Å². The number of aliphatic hydroxyl groups is 1. The van der Waals surface area contributed by atoms with Gasteiger partial charge >= 0.3 is 0 Å². The van der Waals surface area contributed by atoms with Gasteiger partial charge in [-0.3, -0.25) is 0 Å².